The molecule has 1 aromatic carbocycles. The zero-order valence-electron chi connectivity index (χ0n) is 12.9. The third-order valence-electron chi connectivity index (χ3n) is 3.53. The van der Waals surface area contributed by atoms with Crippen molar-refractivity contribution in [3.05, 3.63) is 59.9 Å². The number of amides is 1. The van der Waals surface area contributed by atoms with Gasteiger partial charge in [0.15, 0.2) is 0 Å². The van der Waals surface area contributed by atoms with E-state index >= 15 is 0 Å². The number of carbonyl (C=O) groups excluding carboxylic acids is 1. The molecule has 0 spiro atoms. The summed E-state index contributed by atoms with van der Waals surface area (Å²) >= 11 is 0. The Balaban J connectivity index is 2.18. The van der Waals surface area contributed by atoms with Crippen LogP contribution in [-0.2, 0) is 9.59 Å². The number of aromatic nitrogens is 2. The highest BCUT2D eigenvalue weighted by molar-refractivity contribution is 6.22. The molecule has 0 aliphatic carbocycles. The molecule has 24 heavy (non-hydrogen) atoms. The van der Waals surface area contributed by atoms with Gasteiger partial charge in [0.25, 0.3) is 0 Å². The topological polar surface area (TPSA) is 95.1 Å². The second-order valence-corrected chi connectivity index (χ2v) is 5.24. The maximum absolute atomic E-state index is 11.7. The van der Waals surface area contributed by atoms with Crippen LogP contribution in [0.2, 0.25) is 0 Å². The van der Waals surface area contributed by atoms with E-state index in [-0.39, 0.29) is 11.5 Å². The molecule has 6 heteroatoms. The van der Waals surface area contributed by atoms with E-state index in [2.05, 4.69) is 15.3 Å². The van der Waals surface area contributed by atoms with E-state index in [1.54, 1.807) is 48.8 Å². The van der Waals surface area contributed by atoms with Crippen molar-refractivity contribution in [2.45, 2.75) is 6.92 Å². The number of aromatic amines is 1. The lowest BCUT2D eigenvalue weighted by molar-refractivity contribution is -0.130. The Bertz CT molecular complexity index is 943. The summed E-state index contributed by atoms with van der Waals surface area (Å²) in [5.41, 5.74) is 2.56. The van der Waals surface area contributed by atoms with Crippen LogP contribution in [0.3, 0.4) is 0 Å². The number of nitrogens with zero attached hydrogens (tertiary/aromatic N) is 1. The quantitative estimate of drug-likeness (QED) is 0.643. The minimum Gasteiger partial charge on any atom is -0.478 e. The number of benzene rings is 1. The minimum absolute atomic E-state index is 0.161. The molecule has 0 fully saturated rings. The molecule has 0 saturated heterocycles. The molecule has 3 aromatic rings. The van der Waals surface area contributed by atoms with Gasteiger partial charge in [-0.1, -0.05) is 30.3 Å². The van der Waals surface area contributed by atoms with Gasteiger partial charge in [0.1, 0.15) is 5.65 Å². The number of fused-ring (bicyclic) bond motifs is 1. The van der Waals surface area contributed by atoms with Gasteiger partial charge in [-0.15, -0.1) is 0 Å². The second kappa shape index (κ2) is 6.37. The second-order valence-electron chi connectivity index (χ2n) is 5.24. The first-order chi connectivity index (χ1) is 11.6. The fourth-order valence-electron chi connectivity index (χ4n) is 2.53. The number of H-pyrrole nitrogens is 1. The number of rotatable bonds is 4. The van der Waals surface area contributed by atoms with Crippen molar-refractivity contribution in [2.24, 2.45) is 0 Å². The Morgan fingerprint density at radius 2 is 1.96 bits per heavy atom. The number of nitrogens with one attached hydrogen (secondary N) is 2. The number of pyridine rings is 1. The zero-order valence-corrected chi connectivity index (χ0v) is 12.9. The number of aliphatic carboxylic acids is 1. The largest absolute Gasteiger partial charge is 0.478 e. The molecule has 0 saturated carbocycles. The van der Waals surface area contributed by atoms with Gasteiger partial charge in [0, 0.05) is 30.3 Å². The molecule has 1 amide bonds. The summed E-state index contributed by atoms with van der Waals surface area (Å²) in [4.78, 5) is 30.3. The Hall–Kier alpha value is -3.41. The fourth-order valence-corrected chi connectivity index (χ4v) is 2.53. The van der Waals surface area contributed by atoms with E-state index in [9.17, 15) is 14.7 Å². The van der Waals surface area contributed by atoms with Gasteiger partial charge in [-0.2, -0.15) is 0 Å². The van der Waals surface area contributed by atoms with Gasteiger partial charge >= 0.3 is 5.97 Å². The monoisotopic (exact) mass is 321 g/mol. The van der Waals surface area contributed by atoms with Gasteiger partial charge in [-0.3, -0.25) is 4.79 Å². The number of carbonyl (C=O) groups is 2. The predicted molar refractivity (Wildman–Crippen MR) is 92.3 cm³/mol. The first-order valence-electron chi connectivity index (χ1n) is 7.30. The summed E-state index contributed by atoms with van der Waals surface area (Å²) in [5, 5.41) is 13.0. The molecule has 6 nitrogen and oxygen atoms in total. The van der Waals surface area contributed by atoms with Crippen molar-refractivity contribution in [1.82, 2.24) is 9.97 Å². The van der Waals surface area contributed by atoms with E-state index in [4.69, 9.17) is 0 Å². The lowest BCUT2D eigenvalue weighted by atomic mass is 10.0. The van der Waals surface area contributed by atoms with Crippen molar-refractivity contribution in [1.29, 1.82) is 0 Å². The average molecular weight is 321 g/mol. The smallest absolute Gasteiger partial charge is 0.336 e. The molecule has 0 aliphatic rings. The highest BCUT2D eigenvalue weighted by Gasteiger charge is 2.14. The maximum Gasteiger partial charge on any atom is 0.336 e. The van der Waals surface area contributed by atoms with E-state index < -0.39 is 5.97 Å². The van der Waals surface area contributed by atoms with Crippen LogP contribution in [0.15, 0.2) is 48.8 Å². The van der Waals surface area contributed by atoms with Crippen LogP contribution >= 0.6 is 0 Å². The van der Waals surface area contributed by atoms with Crippen LogP contribution in [0.5, 0.6) is 0 Å². The normalized spacial score (nSPS) is 11.5. The van der Waals surface area contributed by atoms with E-state index in [0.717, 1.165) is 0 Å². The van der Waals surface area contributed by atoms with Crippen LogP contribution in [-0.4, -0.2) is 27.0 Å². The maximum atomic E-state index is 11.7. The summed E-state index contributed by atoms with van der Waals surface area (Å²) < 4.78 is 0. The highest BCUT2D eigenvalue weighted by Crippen LogP contribution is 2.29. The average Bonchev–Trinajstić information content (AvgIpc) is 2.97. The molecule has 0 atom stereocenters. The first kappa shape index (κ1) is 15.5. The van der Waals surface area contributed by atoms with E-state index in [1.807, 2.05) is 6.07 Å². The standard InChI is InChI=1S/C18H15N3O3/c1-11(22)21-15-7-8-19-17-16(15)13(10-20-17)9-14(18(23)24)12-5-3-2-4-6-12/h2-10H,1H3,(H,23,24)(H2,19,20,21,22). The summed E-state index contributed by atoms with van der Waals surface area (Å²) in [5.74, 6) is -1.24. The third kappa shape index (κ3) is 3.03. The molecular weight excluding hydrogens is 306 g/mol. The van der Waals surface area contributed by atoms with Crippen LogP contribution in [0.25, 0.3) is 22.7 Å². The predicted octanol–water partition coefficient (Wildman–Crippen LogP) is 3.15. The van der Waals surface area contributed by atoms with E-state index in [1.165, 1.54) is 6.92 Å². The van der Waals surface area contributed by atoms with Crippen LogP contribution in [0, 0.1) is 0 Å². The lowest BCUT2D eigenvalue weighted by Crippen LogP contribution is -2.06. The Labute approximate surface area is 137 Å². The summed E-state index contributed by atoms with van der Waals surface area (Å²) in [6, 6.07) is 10.5. The number of carboxylic acids is 1. The van der Waals surface area contributed by atoms with Crippen LogP contribution in [0.1, 0.15) is 18.1 Å². The molecule has 3 N–H and O–H groups in total. The van der Waals surface area contributed by atoms with Gasteiger partial charge in [-0.05, 0) is 17.7 Å². The van der Waals surface area contributed by atoms with Crippen molar-refractivity contribution in [3.63, 3.8) is 0 Å². The fraction of sp³-hybridized carbons (Fsp3) is 0.0556. The molecule has 0 aliphatic heterocycles. The van der Waals surface area contributed by atoms with Gasteiger partial charge in [-0.25, -0.2) is 9.78 Å². The molecule has 0 radical (unpaired) electrons. The van der Waals surface area contributed by atoms with Crippen LogP contribution < -0.4 is 5.32 Å². The molecular formula is C18H15N3O3. The van der Waals surface area contributed by atoms with Crippen LogP contribution in [0.4, 0.5) is 5.69 Å². The minimum atomic E-state index is -1.03. The summed E-state index contributed by atoms with van der Waals surface area (Å²) in [6.45, 7) is 1.42. The molecule has 0 bridgehead atoms. The highest BCUT2D eigenvalue weighted by atomic mass is 16.4. The van der Waals surface area contributed by atoms with E-state index in [0.29, 0.717) is 27.8 Å². The van der Waals surface area contributed by atoms with Gasteiger partial charge in [0.2, 0.25) is 5.91 Å². The Morgan fingerprint density at radius 3 is 2.62 bits per heavy atom. The van der Waals surface area contributed by atoms with Crippen molar-refractivity contribution >= 4 is 40.2 Å². The molecule has 120 valence electrons. The number of anilines is 1. The molecule has 0 unspecified atom stereocenters. The number of hydrogen-bond acceptors (Lipinski definition) is 3. The van der Waals surface area contributed by atoms with Gasteiger partial charge < -0.3 is 15.4 Å². The van der Waals surface area contributed by atoms with Crippen molar-refractivity contribution < 1.29 is 14.7 Å². The number of hydrogen-bond donors (Lipinski definition) is 3. The first-order valence-corrected chi connectivity index (χ1v) is 7.30. The van der Waals surface area contributed by atoms with Crippen molar-refractivity contribution in [3.8, 4) is 0 Å². The third-order valence-corrected chi connectivity index (χ3v) is 3.53. The Morgan fingerprint density at radius 1 is 1.21 bits per heavy atom. The van der Waals surface area contributed by atoms with Crippen molar-refractivity contribution in [2.75, 3.05) is 5.32 Å². The summed E-state index contributed by atoms with van der Waals surface area (Å²) in [6.07, 6.45) is 4.82. The number of carboxylic acid groups (broad SMARTS) is 1. The lowest BCUT2D eigenvalue weighted by Gasteiger charge is -2.06. The zero-order chi connectivity index (χ0) is 17.1. The molecule has 3 rings (SSSR count). The SMILES string of the molecule is CC(=O)Nc1ccnc2[nH]cc(C=C(C(=O)O)c3ccccc3)c12. The summed E-state index contributed by atoms with van der Waals surface area (Å²) in [7, 11) is 0. The molecule has 2 aromatic heterocycles. The Kier molecular flexibility index (Phi) is 4.11. The van der Waals surface area contributed by atoms with Gasteiger partial charge in [0.05, 0.1) is 11.3 Å². The molecule has 2 heterocycles.